The van der Waals surface area contributed by atoms with Gasteiger partial charge in [-0.2, -0.15) is 0 Å². The summed E-state index contributed by atoms with van der Waals surface area (Å²) in [5, 5.41) is 0. The van der Waals surface area contributed by atoms with Gasteiger partial charge in [0, 0.05) is 12.0 Å². The van der Waals surface area contributed by atoms with Gasteiger partial charge in [0.1, 0.15) is 18.2 Å². The maximum atomic E-state index is 14.6. The van der Waals surface area contributed by atoms with Crippen molar-refractivity contribution in [1.82, 2.24) is 0 Å². The molecule has 0 saturated carbocycles. The molecule has 0 aromatic heterocycles. The summed E-state index contributed by atoms with van der Waals surface area (Å²) < 4.78 is 51.2. The van der Waals surface area contributed by atoms with Crippen molar-refractivity contribution in [2.45, 2.75) is 76.4 Å². The Balaban J connectivity index is 1.47. The van der Waals surface area contributed by atoms with Crippen molar-refractivity contribution >= 4 is 0 Å². The molecule has 6 heteroatoms. The number of ether oxygens (including phenoxy) is 4. The summed E-state index contributed by atoms with van der Waals surface area (Å²) in [7, 11) is 0. The summed E-state index contributed by atoms with van der Waals surface area (Å²) in [5.74, 6) is 0.222. The van der Waals surface area contributed by atoms with E-state index in [-0.39, 0.29) is 31.6 Å². The van der Waals surface area contributed by atoms with Crippen LogP contribution in [0.5, 0.6) is 5.75 Å². The predicted octanol–water partition coefficient (Wildman–Crippen LogP) is 5.15. The number of alkyl halides is 1. The Hall–Kier alpha value is -1.24. The average Bonchev–Trinajstić information content (AvgIpc) is 2.69. The number of rotatable bonds is 8. The predicted molar refractivity (Wildman–Crippen MR) is 103 cm³/mol. The van der Waals surface area contributed by atoms with Crippen molar-refractivity contribution in [2.75, 3.05) is 26.4 Å². The fourth-order valence-corrected chi connectivity index (χ4v) is 3.96. The number of hydrogen-bond donors (Lipinski definition) is 0. The third kappa shape index (κ3) is 5.65. The van der Waals surface area contributed by atoms with Gasteiger partial charge in [-0.1, -0.05) is 32.8 Å². The lowest BCUT2D eigenvalue weighted by Crippen LogP contribution is -2.45. The maximum Gasteiger partial charge on any atom is 0.191 e. The topological polar surface area (TPSA) is 36.9 Å². The van der Waals surface area contributed by atoms with Gasteiger partial charge in [0.15, 0.2) is 12.0 Å². The lowest BCUT2D eigenvalue weighted by Gasteiger charge is -2.33. The van der Waals surface area contributed by atoms with Crippen LogP contribution in [0.4, 0.5) is 8.78 Å². The molecule has 1 aromatic rings. The van der Waals surface area contributed by atoms with E-state index in [0.717, 1.165) is 32.1 Å². The van der Waals surface area contributed by atoms with Crippen molar-refractivity contribution in [3.8, 4) is 5.75 Å². The SMILES string of the molecule is CCCC1CCC(c2ccc(OCC3OCC(F)(CCC)CO3)cc2F)CO1. The summed E-state index contributed by atoms with van der Waals surface area (Å²) in [6, 6.07) is 4.93. The second-order valence-corrected chi connectivity index (χ2v) is 7.97. The van der Waals surface area contributed by atoms with Gasteiger partial charge in [0.2, 0.25) is 0 Å². The van der Waals surface area contributed by atoms with Crippen molar-refractivity contribution in [3.63, 3.8) is 0 Å². The van der Waals surface area contributed by atoms with Gasteiger partial charge in [-0.15, -0.1) is 0 Å². The van der Waals surface area contributed by atoms with Crippen LogP contribution in [0.15, 0.2) is 18.2 Å². The molecule has 2 heterocycles. The van der Waals surface area contributed by atoms with Crippen LogP contribution in [0.25, 0.3) is 0 Å². The van der Waals surface area contributed by atoms with E-state index >= 15 is 0 Å². The second-order valence-electron chi connectivity index (χ2n) is 7.97. The van der Waals surface area contributed by atoms with Crippen molar-refractivity contribution < 1.29 is 27.7 Å². The molecule has 0 spiro atoms. The van der Waals surface area contributed by atoms with Crippen LogP contribution in [0.2, 0.25) is 0 Å². The molecule has 1 aromatic carbocycles. The van der Waals surface area contributed by atoms with E-state index in [0.29, 0.717) is 30.4 Å². The minimum Gasteiger partial charge on any atom is -0.488 e. The second kappa shape index (κ2) is 9.99. The number of hydrogen-bond acceptors (Lipinski definition) is 4. The molecular weight excluding hydrogens is 366 g/mol. The molecule has 2 aliphatic heterocycles. The zero-order valence-corrected chi connectivity index (χ0v) is 16.9. The maximum absolute atomic E-state index is 14.6. The molecule has 2 unspecified atom stereocenters. The Morgan fingerprint density at radius 3 is 2.50 bits per heavy atom. The van der Waals surface area contributed by atoms with Gasteiger partial charge in [-0.25, -0.2) is 8.78 Å². The first kappa shape index (κ1) is 21.5. The van der Waals surface area contributed by atoms with Crippen LogP contribution < -0.4 is 4.74 Å². The van der Waals surface area contributed by atoms with E-state index in [1.54, 1.807) is 12.1 Å². The molecule has 0 radical (unpaired) electrons. The van der Waals surface area contributed by atoms with Gasteiger partial charge in [-0.3, -0.25) is 0 Å². The molecule has 0 amide bonds. The molecule has 2 aliphatic rings. The summed E-state index contributed by atoms with van der Waals surface area (Å²) in [6.45, 7) is 4.75. The molecule has 0 N–H and O–H groups in total. The molecular formula is C22H32F2O4. The van der Waals surface area contributed by atoms with Crippen molar-refractivity contribution in [2.24, 2.45) is 0 Å². The quantitative estimate of drug-likeness (QED) is 0.607. The van der Waals surface area contributed by atoms with Crippen LogP contribution in [-0.4, -0.2) is 44.5 Å². The van der Waals surface area contributed by atoms with Crippen LogP contribution in [0.1, 0.15) is 63.9 Å². The van der Waals surface area contributed by atoms with Gasteiger partial charge in [0.25, 0.3) is 0 Å². The lowest BCUT2D eigenvalue weighted by atomic mass is 9.90. The molecule has 2 saturated heterocycles. The normalized spacial score (nSPS) is 30.9. The third-order valence-corrected chi connectivity index (χ3v) is 5.53. The van der Waals surface area contributed by atoms with E-state index in [2.05, 4.69) is 6.92 Å². The molecule has 4 nitrogen and oxygen atoms in total. The highest BCUT2D eigenvalue weighted by Gasteiger charge is 2.36. The van der Waals surface area contributed by atoms with Crippen LogP contribution in [-0.2, 0) is 14.2 Å². The smallest absolute Gasteiger partial charge is 0.191 e. The molecule has 2 atom stereocenters. The van der Waals surface area contributed by atoms with Crippen molar-refractivity contribution in [3.05, 3.63) is 29.6 Å². The monoisotopic (exact) mass is 398 g/mol. The van der Waals surface area contributed by atoms with Gasteiger partial charge in [-0.05, 0) is 37.3 Å². The summed E-state index contributed by atoms with van der Waals surface area (Å²) >= 11 is 0. The molecule has 0 bridgehead atoms. The lowest BCUT2D eigenvalue weighted by molar-refractivity contribution is -0.242. The first-order valence-corrected chi connectivity index (χ1v) is 10.5. The Kier molecular flexibility index (Phi) is 7.66. The standard InChI is InChI=1S/C22H32F2O4/c1-3-5-17-7-6-16(12-25-17)19-9-8-18(11-20(19)23)26-13-21-27-14-22(24,10-4-2)15-28-21/h8-9,11,16-17,21H,3-7,10,12-15H2,1-2H3. The van der Waals surface area contributed by atoms with Gasteiger partial charge >= 0.3 is 0 Å². The van der Waals surface area contributed by atoms with E-state index in [4.69, 9.17) is 18.9 Å². The highest BCUT2D eigenvalue weighted by molar-refractivity contribution is 5.31. The summed E-state index contributed by atoms with van der Waals surface area (Å²) in [4.78, 5) is 0. The Bertz CT molecular complexity index is 609. The third-order valence-electron chi connectivity index (χ3n) is 5.53. The minimum absolute atomic E-state index is 0.00285. The van der Waals surface area contributed by atoms with Gasteiger partial charge in [0.05, 0.1) is 25.9 Å². The Labute approximate surface area is 166 Å². The zero-order chi connectivity index (χ0) is 20.0. The van der Waals surface area contributed by atoms with Crippen molar-refractivity contribution in [1.29, 1.82) is 0 Å². The highest BCUT2D eigenvalue weighted by Crippen LogP contribution is 2.33. The number of halogens is 2. The largest absolute Gasteiger partial charge is 0.488 e. The first-order chi connectivity index (χ1) is 13.5. The Morgan fingerprint density at radius 2 is 1.89 bits per heavy atom. The van der Waals surface area contributed by atoms with Crippen LogP contribution >= 0.6 is 0 Å². The molecule has 3 rings (SSSR count). The average molecular weight is 398 g/mol. The van der Waals surface area contributed by atoms with Crippen LogP contribution in [0, 0.1) is 5.82 Å². The first-order valence-electron chi connectivity index (χ1n) is 10.5. The van der Waals surface area contributed by atoms with E-state index in [1.165, 1.54) is 6.07 Å². The number of benzene rings is 1. The zero-order valence-electron chi connectivity index (χ0n) is 16.9. The molecule has 158 valence electrons. The fourth-order valence-electron chi connectivity index (χ4n) is 3.96. The minimum atomic E-state index is -1.42. The highest BCUT2D eigenvalue weighted by atomic mass is 19.1. The fraction of sp³-hybridized carbons (Fsp3) is 0.727. The van der Waals surface area contributed by atoms with E-state index in [9.17, 15) is 8.78 Å². The van der Waals surface area contributed by atoms with E-state index < -0.39 is 12.0 Å². The van der Waals surface area contributed by atoms with Gasteiger partial charge < -0.3 is 18.9 Å². The molecule has 28 heavy (non-hydrogen) atoms. The van der Waals surface area contributed by atoms with Crippen LogP contribution in [0.3, 0.4) is 0 Å². The Morgan fingerprint density at radius 1 is 1.11 bits per heavy atom. The molecule has 0 aliphatic carbocycles. The molecule has 2 fully saturated rings. The van der Waals surface area contributed by atoms with E-state index in [1.807, 2.05) is 6.92 Å². The summed E-state index contributed by atoms with van der Waals surface area (Å²) in [6.07, 6.45) is 4.91. The summed E-state index contributed by atoms with van der Waals surface area (Å²) in [5.41, 5.74) is -0.744.